The number of aromatic nitrogens is 1. The number of hydrogen-bond acceptors (Lipinski definition) is 4. The minimum absolute atomic E-state index is 0.237. The zero-order valence-electron chi connectivity index (χ0n) is 7.37. The van der Waals surface area contributed by atoms with Gasteiger partial charge in [0.1, 0.15) is 0 Å². The molecule has 1 aromatic rings. The minimum Gasteiger partial charge on any atom is -0.302 e. The van der Waals surface area contributed by atoms with Gasteiger partial charge in [-0.15, -0.1) is 0 Å². The average molecular weight is 215 g/mol. The highest BCUT2D eigenvalue weighted by molar-refractivity contribution is 7.47. The van der Waals surface area contributed by atoms with Gasteiger partial charge >= 0.3 is 7.82 Å². The molecule has 6 heteroatoms. The van der Waals surface area contributed by atoms with Gasteiger partial charge in [0.05, 0.1) is 12.7 Å². The summed E-state index contributed by atoms with van der Waals surface area (Å²) in [5.74, 6) is 0. The van der Waals surface area contributed by atoms with Crippen molar-refractivity contribution in [1.29, 1.82) is 0 Å². The summed E-state index contributed by atoms with van der Waals surface area (Å²) in [5, 5.41) is 0. The molecular formula is C8H10NO4P. The highest BCUT2D eigenvalue weighted by Crippen LogP contribution is 2.52. The standard InChI is InChI=1S/C8H10NO4P/c10-14(11)12-6-3-8(13-14)7-1-4-9-5-2-7/h1-2,4-5,8H,3,6H2,(H,10,11). The Hall–Kier alpha value is -0.740. The van der Waals surface area contributed by atoms with Crippen molar-refractivity contribution in [2.24, 2.45) is 0 Å². The first kappa shape index (κ1) is 9.80. The molecular weight excluding hydrogens is 205 g/mol. The molecule has 0 aromatic carbocycles. The summed E-state index contributed by atoms with van der Waals surface area (Å²) in [5.41, 5.74) is 0.845. The molecule has 1 aromatic heterocycles. The van der Waals surface area contributed by atoms with Crippen molar-refractivity contribution < 1.29 is 18.5 Å². The molecule has 1 saturated heterocycles. The van der Waals surface area contributed by atoms with Crippen LogP contribution in [0.15, 0.2) is 24.5 Å². The van der Waals surface area contributed by atoms with Crippen LogP contribution < -0.4 is 0 Å². The summed E-state index contributed by atoms with van der Waals surface area (Å²) in [7, 11) is -3.83. The molecule has 14 heavy (non-hydrogen) atoms. The van der Waals surface area contributed by atoms with Crippen molar-refractivity contribution in [3.05, 3.63) is 30.1 Å². The summed E-state index contributed by atoms with van der Waals surface area (Å²) < 4.78 is 20.6. The van der Waals surface area contributed by atoms with Crippen LogP contribution in [0.4, 0.5) is 0 Å². The molecule has 2 atom stereocenters. The molecule has 0 aliphatic carbocycles. The van der Waals surface area contributed by atoms with Gasteiger partial charge in [-0.2, -0.15) is 0 Å². The van der Waals surface area contributed by atoms with Crippen molar-refractivity contribution >= 4 is 7.82 Å². The highest BCUT2D eigenvalue weighted by atomic mass is 31.2. The minimum atomic E-state index is -3.83. The van der Waals surface area contributed by atoms with E-state index in [1.54, 1.807) is 24.5 Å². The number of phosphoric acid groups is 1. The quantitative estimate of drug-likeness (QED) is 0.721. The summed E-state index contributed by atoms with van der Waals surface area (Å²) in [6, 6.07) is 3.52. The smallest absolute Gasteiger partial charge is 0.302 e. The molecule has 0 spiro atoms. The lowest BCUT2D eigenvalue weighted by molar-refractivity contribution is 0.0468. The second-order valence-electron chi connectivity index (χ2n) is 2.97. The number of phosphoric ester groups is 1. The van der Waals surface area contributed by atoms with Gasteiger partial charge in [0.2, 0.25) is 0 Å². The molecule has 76 valence electrons. The lowest BCUT2D eigenvalue weighted by atomic mass is 10.1. The molecule has 0 amide bonds. The van der Waals surface area contributed by atoms with Crippen molar-refractivity contribution in [3.8, 4) is 0 Å². The van der Waals surface area contributed by atoms with Crippen molar-refractivity contribution in [2.75, 3.05) is 6.61 Å². The predicted molar refractivity (Wildman–Crippen MR) is 48.5 cm³/mol. The Kier molecular flexibility index (Phi) is 2.65. The Morgan fingerprint density at radius 2 is 2.21 bits per heavy atom. The summed E-state index contributed by atoms with van der Waals surface area (Å²) in [6.45, 7) is 0.237. The van der Waals surface area contributed by atoms with E-state index in [4.69, 9.17) is 9.42 Å². The fraction of sp³-hybridized carbons (Fsp3) is 0.375. The van der Waals surface area contributed by atoms with Gasteiger partial charge < -0.3 is 4.89 Å². The molecule has 5 nitrogen and oxygen atoms in total. The molecule has 2 unspecified atom stereocenters. The van der Waals surface area contributed by atoms with E-state index in [0.717, 1.165) is 5.56 Å². The van der Waals surface area contributed by atoms with Crippen LogP contribution in [0.5, 0.6) is 0 Å². The van der Waals surface area contributed by atoms with Crippen LogP contribution in [-0.4, -0.2) is 16.5 Å². The fourth-order valence-corrected chi connectivity index (χ4v) is 2.27. The van der Waals surface area contributed by atoms with Gasteiger partial charge in [-0.25, -0.2) is 4.57 Å². The second kappa shape index (κ2) is 3.79. The number of nitrogens with zero attached hydrogens (tertiary/aromatic N) is 1. The third-order valence-electron chi connectivity index (χ3n) is 1.97. The fourth-order valence-electron chi connectivity index (χ4n) is 1.32. The SMILES string of the molecule is O=P1(O)OCCC(c2ccncc2)O1. The Balaban J connectivity index is 2.16. The van der Waals surface area contributed by atoms with Crippen LogP contribution in [0.2, 0.25) is 0 Å². The van der Waals surface area contributed by atoms with Crippen molar-refractivity contribution in [2.45, 2.75) is 12.5 Å². The summed E-state index contributed by atoms with van der Waals surface area (Å²) in [4.78, 5) is 13.0. The van der Waals surface area contributed by atoms with Crippen molar-refractivity contribution in [1.82, 2.24) is 4.98 Å². The molecule has 1 aliphatic rings. The first-order valence-corrected chi connectivity index (χ1v) is 5.72. The zero-order valence-corrected chi connectivity index (χ0v) is 8.26. The van der Waals surface area contributed by atoms with Crippen molar-refractivity contribution in [3.63, 3.8) is 0 Å². The van der Waals surface area contributed by atoms with E-state index in [1.165, 1.54) is 0 Å². The van der Waals surface area contributed by atoms with E-state index < -0.39 is 7.82 Å². The molecule has 0 radical (unpaired) electrons. The first-order valence-electron chi connectivity index (χ1n) is 4.23. The highest BCUT2D eigenvalue weighted by Gasteiger charge is 2.32. The summed E-state index contributed by atoms with van der Waals surface area (Å²) >= 11 is 0. The Morgan fingerprint density at radius 3 is 2.86 bits per heavy atom. The molecule has 1 aliphatic heterocycles. The van der Waals surface area contributed by atoms with Crippen LogP contribution in [0.1, 0.15) is 18.1 Å². The van der Waals surface area contributed by atoms with Crippen LogP contribution in [-0.2, 0) is 13.6 Å². The largest absolute Gasteiger partial charge is 0.472 e. The second-order valence-corrected chi connectivity index (χ2v) is 4.37. The van der Waals surface area contributed by atoms with Crippen LogP contribution in [0.25, 0.3) is 0 Å². The monoisotopic (exact) mass is 215 g/mol. The van der Waals surface area contributed by atoms with Gasteiger partial charge in [-0.3, -0.25) is 14.0 Å². The van der Waals surface area contributed by atoms with E-state index in [9.17, 15) is 4.57 Å². The Morgan fingerprint density at radius 1 is 1.50 bits per heavy atom. The third-order valence-corrected chi connectivity index (χ3v) is 3.00. The van der Waals surface area contributed by atoms with Gasteiger partial charge in [-0.1, -0.05) is 0 Å². The molecule has 1 N–H and O–H groups in total. The van der Waals surface area contributed by atoms with E-state index in [2.05, 4.69) is 9.51 Å². The van der Waals surface area contributed by atoms with Gasteiger partial charge in [0, 0.05) is 18.8 Å². The lowest BCUT2D eigenvalue weighted by Gasteiger charge is -2.25. The predicted octanol–water partition coefficient (Wildman–Crippen LogP) is 1.66. The summed E-state index contributed by atoms with van der Waals surface area (Å²) in [6.07, 6.45) is 3.45. The number of hydrogen-bond donors (Lipinski definition) is 1. The van der Waals surface area contributed by atoms with E-state index >= 15 is 0 Å². The van der Waals surface area contributed by atoms with E-state index in [1.807, 2.05) is 0 Å². The Labute approximate surface area is 81.3 Å². The molecule has 0 bridgehead atoms. The average Bonchev–Trinajstić information content (AvgIpc) is 2.18. The van der Waals surface area contributed by atoms with Gasteiger partial charge in [0.15, 0.2) is 0 Å². The van der Waals surface area contributed by atoms with Gasteiger partial charge in [-0.05, 0) is 17.7 Å². The molecule has 1 fully saturated rings. The zero-order chi connectivity index (χ0) is 10.0. The van der Waals surface area contributed by atoms with Crippen LogP contribution >= 0.6 is 7.82 Å². The number of pyridine rings is 1. The van der Waals surface area contributed by atoms with Gasteiger partial charge in [0.25, 0.3) is 0 Å². The van der Waals surface area contributed by atoms with E-state index in [-0.39, 0.29) is 12.7 Å². The molecule has 0 saturated carbocycles. The van der Waals surface area contributed by atoms with Crippen LogP contribution in [0, 0.1) is 0 Å². The lowest BCUT2D eigenvalue weighted by Crippen LogP contribution is -2.13. The topological polar surface area (TPSA) is 68.7 Å². The Bertz CT molecular complexity index is 356. The molecule has 2 heterocycles. The molecule has 2 rings (SSSR count). The van der Waals surface area contributed by atoms with E-state index in [0.29, 0.717) is 6.42 Å². The van der Waals surface area contributed by atoms with Crippen LogP contribution in [0.3, 0.4) is 0 Å². The maximum absolute atomic E-state index is 11.1. The normalized spacial score (nSPS) is 32.8. The third kappa shape index (κ3) is 2.19. The maximum atomic E-state index is 11.1. The number of rotatable bonds is 1. The maximum Gasteiger partial charge on any atom is 0.472 e. The first-order chi connectivity index (χ1) is 6.67.